The summed E-state index contributed by atoms with van der Waals surface area (Å²) in [4.78, 5) is 21.0. The maximum atomic E-state index is 10.9. The Morgan fingerprint density at radius 1 is 1.38 bits per heavy atom. The molecule has 13 heavy (non-hydrogen) atoms. The van der Waals surface area contributed by atoms with Gasteiger partial charge in [0, 0.05) is 26.7 Å². The molecule has 0 aliphatic carbocycles. The predicted molar refractivity (Wildman–Crippen MR) is 46.4 cm³/mol. The van der Waals surface area contributed by atoms with Gasteiger partial charge in [-0.1, -0.05) is 0 Å². The summed E-state index contributed by atoms with van der Waals surface area (Å²) in [5, 5.41) is 10.9. The molecule has 0 aromatic rings. The molecule has 0 bridgehead atoms. The topological polar surface area (TPSA) is 75.6 Å². The van der Waals surface area contributed by atoms with Crippen LogP contribution in [0.25, 0.3) is 0 Å². The minimum absolute atomic E-state index is 0.0440. The van der Waals surface area contributed by atoms with Gasteiger partial charge < -0.3 is 15.2 Å². The van der Waals surface area contributed by atoms with Crippen molar-refractivity contribution in [2.24, 2.45) is 0 Å². The van der Waals surface area contributed by atoms with Crippen LogP contribution in [-0.4, -0.2) is 37.2 Å². The summed E-state index contributed by atoms with van der Waals surface area (Å²) < 4.78 is 4.78. The van der Waals surface area contributed by atoms with E-state index in [0.717, 1.165) is 6.42 Å². The second-order valence-corrected chi connectivity index (χ2v) is 2.59. The van der Waals surface area contributed by atoms with E-state index in [1.54, 1.807) is 7.11 Å². The zero-order chi connectivity index (χ0) is 10.1. The fraction of sp³-hybridized carbons (Fsp3) is 0.750. The maximum absolute atomic E-state index is 10.9. The summed E-state index contributed by atoms with van der Waals surface area (Å²) in [6, 6.07) is 0. The number of nitrogens with one attached hydrogen (secondary N) is 1. The van der Waals surface area contributed by atoms with E-state index in [9.17, 15) is 9.59 Å². The van der Waals surface area contributed by atoms with Crippen molar-refractivity contribution in [3.63, 3.8) is 0 Å². The Balaban J connectivity index is 3.25. The lowest BCUT2D eigenvalue weighted by Gasteiger charge is -2.02. The van der Waals surface area contributed by atoms with Gasteiger partial charge in [-0.2, -0.15) is 0 Å². The van der Waals surface area contributed by atoms with Crippen LogP contribution in [0.4, 0.5) is 0 Å². The van der Waals surface area contributed by atoms with Gasteiger partial charge in [-0.05, 0) is 6.42 Å². The molecular formula is C8H15NO4. The van der Waals surface area contributed by atoms with Crippen molar-refractivity contribution >= 4 is 11.9 Å². The maximum Gasteiger partial charge on any atom is 0.303 e. The first-order chi connectivity index (χ1) is 6.16. The van der Waals surface area contributed by atoms with E-state index in [1.807, 2.05) is 0 Å². The SMILES string of the molecule is COCCCNC(=O)CCC(=O)O. The number of hydrogen-bond donors (Lipinski definition) is 2. The molecule has 76 valence electrons. The number of hydrogen-bond acceptors (Lipinski definition) is 3. The van der Waals surface area contributed by atoms with Gasteiger partial charge in [-0.3, -0.25) is 9.59 Å². The first kappa shape index (κ1) is 11.9. The number of carboxylic acid groups (broad SMARTS) is 1. The number of carboxylic acids is 1. The lowest BCUT2D eigenvalue weighted by atomic mass is 10.3. The average Bonchev–Trinajstić information content (AvgIpc) is 2.09. The molecule has 0 aliphatic rings. The van der Waals surface area contributed by atoms with E-state index in [2.05, 4.69) is 5.32 Å². The predicted octanol–water partition coefficient (Wildman–Crippen LogP) is 0.00390. The fourth-order valence-corrected chi connectivity index (χ4v) is 0.753. The van der Waals surface area contributed by atoms with E-state index in [0.29, 0.717) is 13.2 Å². The lowest BCUT2D eigenvalue weighted by Crippen LogP contribution is -2.25. The van der Waals surface area contributed by atoms with Gasteiger partial charge in [0.1, 0.15) is 0 Å². The van der Waals surface area contributed by atoms with Gasteiger partial charge >= 0.3 is 5.97 Å². The van der Waals surface area contributed by atoms with Crippen molar-refractivity contribution in [2.75, 3.05) is 20.3 Å². The normalized spacial score (nSPS) is 9.62. The second-order valence-electron chi connectivity index (χ2n) is 2.59. The number of amides is 1. The van der Waals surface area contributed by atoms with Gasteiger partial charge in [0.25, 0.3) is 0 Å². The molecule has 0 atom stereocenters. The first-order valence-corrected chi connectivity index (χ1v) is 4.14. The standard InChI is InChI=1S/C8H15NO4/c1-13-6-2-5-9-7(10)3-4-8(11)12/h2-6H2,1H3,(H,9,10)(H,11,12). The van der Waals surface area contributed by atoms with Crippen LogP contribution in [0.3, 0.4) is 0 Å². The van der Waals surface area contributed by atoms with Gasteiger partial charge in [0.15, 0.2) is 0 Å². The minimum Gasteiger partial charge on any atom is -0.481 e. The zero-order valence-corrected chi connectivity index (χ0v) is 7.71. The average molecular weight is 189 g/mol. The van der Waals surface area contributed by atoms with Crippen LogP contribution in [0.2, 0.25) is 0 Å². The molecule has 5 nitrogen and oxygen atoms in total. The summed E-state index contributed by atoms with van der Waals surface area (Å²) in [6.07, 6.45) is 0.674. The van der Waals surface area contributed by atoms with Crippen LogP contribution in [0.5, 0.6) is 0 Å². The molecule has 5 heteroatoms. The molecule has 0 fully saturated rings. The highest BCUT2D eigenvalue weighted by Crippen LogP contribution is 1.88. The van der Waals surface area contributed by atoms with Crippen molar-refractivity contribution in [1.82, 2.24) is 5.32 Å². The summed E-state index contributed by atoms with van der Waals surface area (Å²) in [5.41, 5.74) is 0. The number of carbonyl (C=O) groups is 2. The van der Waals surface area contributed by atoms with Crippen molar-refractivity contribution in [2.45, 2.75) is 19.3 Å². The third kappa shape index (κ3) is 8.81. The molecule has 0 spiro atoms. The lowest BCUT2D eigenvalue weighted by molar-refractivity contribution is -0.138. The molecule has 0 aliphatic heterocycles. The van der Waals surface area contributed by atoms with E-state index in [1.165, 1.54) is 0 Å². The molecule has 0 aromatic heterocycles. The van der Waals surface area contributed by atoms with Gasteiger partial charge in [0.2, 0.25) is 5.91 Å². The van der Waals surface area contributed by atoms with Crippen LogP contribution in [0, 0.1) is 0 Å². The molecule has 1 amide bonds. The Morgan fingerprint density at radius 2 is 2.08 bits per heavy atom. The van der Waals surface area contributed by atoms with Crippen molar-refractivity contribution in [3.8, 4) is 0 Å². The van der Waals surface area contributed by atoms with Crippen molar-refractivity contribution in [3.05, 3.63) is 0 Å². The van der Waals surface area contributed by atoms with Crippen LogP contribution in [0.15, 0.2) is 0 Å². The number of aliphatic carboxylic acids is 1. The second kappa shape index (κ2) is 7.54. The van der Waals surface area contributed by atoms with Crippen LogP contribution in [0.1, 0.15) is 19.3 Å². The molecule has 0 saturated carbocycles. The smallest absolute Gasteiger partial charge is 0.303 e. The highest BCUT2D eigenvalue weighted by molar-refractivity contribution is 5.80. The highest BCUT2D eigenvalue weighted by atomic mass is 16.5. The highest BCUT2D eigenvalue weighted by Gasteiger charge is 2.03. The van der Waals surface area contributed by atoms with Crippen LogP contribution in [-0.2, 0) is 14.3 Å². The summed E-state index contributed by atoms with van der Waals surface area (Å²) in [5.74, 6) is -1.18. The van der Waals surface area contributed by atoms with E-state index in [-0.39, 0.29) is 18.7 Å². The monoisotopic (exact) mass is 189 g/mol. The third-order valence-corrected chi connectivity index (χ3v) is 1.41. The molecule has 0 aromatic carbocycles. The number of carbonyl (C=O) groups excluding carboxylic acids is 1. The zero-order valence-electron chi connectivity index (χ0n) is 7.71. The molecule has 0 heterocycles. The third-order valence-electron chi connectivity index (χ3n) is 1.41. The Kier molecular flexibility index (Phi) is 6.91. The summed E-state index contributed by atoms with van der Waals surface area (Å²) in [6.45, 7) is 1.13. The molecular weight excluding hydrogens is 174 g/mol. The van der Waals surface area contributed by atoms with E-state index >= 15 is 0 Å². The Hall–Kier alpha value is -1.10. The molecule has 0 rings (SSSR count). The Labute approximate surface area is 77.1 Å². The minimum atomic E-state index is -0.952. The molecule has 0 radical (unpaired) electrons. The Morgan fingerprint density at radius 3 is 2.62 bits per heavy atom. The van der Waals surface area contributed by atoms with Gasteiger partial charge in [-0.25, -0.2) is 0 Å². The van der Waals surface area contributed by atoms with E-state index < -0.39 is 5.97 Å². The first-order valence-electron chi connectivity index (χ1n) is 4.14. The molecule has 0 saturated heterocycles. The largest absolute Gasteiger partial charge is 0.481 e. The summed E-state index contributed by atoms with van der Waals surface area (Å²) in [7, 11) is 1.59. The van der Waals surface area contributed by atoms with Crippen molar-refractivity contribution in [1.29, 1.82) is 0 Å². The van der Waals surface area contributed by atoms with Gasteiger partial charge in [0.05, 0.1) is 6.42 Å². The van der Waals surface area contributed by atoms with Crippen LogP contribution >= 0.6 is 0 Å². The van der Waals surface area contributed by atoms with E-state index in [4.69, 9.17) is 9.84 Å². The quantitative estimate of drug-likeness (QED) is 0.553. The Bertz CT molecular complexity index is 170. The van der Waals surface area contributed by atoms with Crippen molar-refractivity contribution < 1.29 is 19.4 Å². The molecule has 2 N–H and O–H groups in total. The van der Waals surface area contributed by atoms with Crippen LogP contribution < -0.4 is 5.32 Å². The molecule has 0 unspecified atom stereocenters. The summed E-state index contributed by atoms with van der Waals surface area (Å²) >= 11 is 0. The number of methoxy groups -OCH3 is 1. The number of rotatable bonds is 7. The number of ether oxygens (including phenoxy) is 1. The fourth-order valence-electron chi connectivity index (χ4n) is 0.753. The van der Waals surface area contributed by atoms with Gasteiger partial charge in [-0.15, -0.1) is 0 Å².